The summed E-state index contributed by atoms with van der Waals surface area (Å²) in [5, 5.41) is 0. The summed E-state index contributed by atoms with van der Waals surface area (Å²) < 4.78 is 5.05. The zero-order valence-electron chi connectivity index (χ0n) is 11.3. The highest BCUT2D eigenvalue weighted by atomic mass is 16.5. The van der Waals surface area contributed by atoms with Crippen LogP contribution in [0.4, 0.5) is 0 Å². The fourth-order valence-electron chi connectivity index (χ4n) is 1.89. The molecule has 0 spiro atoms. The number of amides is 1. The van der Waals surface area contributed by atoms with E-state index in [-0.39, 0.29) is 11.3 Å². The van der Waals surface area contributed by atoms with Crippen molar-refractivity contribution < 1.29 is 14.3 Å². The first-order valence-corrected chi connectivity index (χ1v) is 6.16. The Morgan fingerprint density at radius 3 is 2.15 bits per heavy atom. The molecule has 0 fully saturated rings. The Morgan fingerprint density at radius 2 is 1.60 bits per heavy atom. The van der Waals surface area contributed by atoms with Gasteiger partial charge in [0.05, 0.1) is 5.56 Å². The van der Waals surface area contributed by atoms with Crippen molar-refractivity contribution in [2.75, 3.05) is 0 Å². The van der Waals surface area contributed by atoms with Gasteiger partial charge in [0.2, 0.25) is 0 Å². The summed E-state index contributed by atoms with van der Waals surface area (Å²) in [7, 11) is 0. The molecule has 0 heterocycles. The van der Waals surface area contributed by atoms with Crippen LogP contribution in [0.5, 0.6) is 5.75 Å². The number of ether oxygens (including phenoxy) is 1. The lowest BCUT2D eigenvalue weighted by Crippen LogP contribution is -2.14. The van der Waals surface area contributed by atoms with Gasteiger partial charge >= 0.3 is 5.97 Å². The van der Waals surface area contributed by atoms with Crippen LogP contribution in [0.2, 0.25) is 0 Å². The lowest BCUT2D eigenvalue weighted by molar-refractivity contribution is -0.131. The van der Waals surface area contributed by atoms with Gasteiger partial charge in [-0.25, -0.2) is 0 Å². The van der Waals surface area contributed by atoms with Gasteiger partial charge in [0.1, 0.15) is 5.75 Å². The number of esters is 1. The smallest absolute Gasteiger partial charge is 0.308 e. The minimum Gasteiger partial charge on any atom is -0.426 e. The maximum Gasteiger partial charge on any atom is 0.308 e. The first-order valence-electron chi connectivity index (χ1n) is 6.16. The molecule has 0 saturated heterocycles. The van der Waals surface area contributed by atoms with Crippen LogP contribution in [0, 0.1) is 6.92 Å². The molecule has 2 aromatic carbocycles. The lowest BCUT2D eigenvalue weighted by atomic mass is 10.0. The summed E-state index contributed by atoms with van der Waals surface area (Å²) in [6.07, 6.45) is 0. The number of nitrogens with two attached hydrogens (primary N) is 1. The molecular formula is C16H15NO3. The fourth-order valence-corrected chi connectivity index (χ4v) is 1.89. The molecule has 2 N–H and O–H groups in total. The van der Waals surface area contributed by atoms with E-state index in [0.717, 1.165) is 16.7 Å². The molecule has 20 heavy (non-hydrogen) atoms. The van der Waals surface area contributed by atoms with Gasteiger partial charge < -0.3 is 10.5 Å². The van der Waals surface area contributed by atoms with Crippen LogP contribution in [-0.4, -0.2) is 11.9 Å². The second-order valence-corrected chi connectivity index (χ2v) is 4.53. The fraction of sp³-hybridized carbons (Fsp3) is 0.125. The molecule has 0 unspecified atom stereocenters. The highest BCUT2D eigenvalue weighted by molar-refractivity contribution is 5.97. The molecule has 0 atom stereocenters. The molecule has 0 aliphatic heterocycles. The zero-order chi connectivity index (χ0) is 14.7. The minimum atomic E-state index is -0.628. The summed E-state index contributed by atoms with van der Waals surface area (Å²) >= 11 is 0. The van der Waals surface area contributed by atoms with E-state index in [9.17, 15) is 9.59 Å². The number of aryl methyl sites for hydroxylation is 1. The Hall–Kier alpha value is -2.62. The monoisotopic (exact) mass is 269 g/mol. The third kappa shape index (κ3) is 3.03. The molecule has 0 aromatic heterocycles. The number of hydrogen-bond donors (Lipinski definition) is 1. The number of carbonyl (C=O) groups is 2. The van der Waals surface area contributed by atoms with E-state index >= 15 is 0 Å². The molecule has 0 aliphatic rings. The van der Waals surface area contributed by atoms with E-state index in [1.54, 1.807) is 18.2 Å². The third-order valence-corrected chi connectivity index (χ3v) is 2.89. The number of carbonyl (C=O) groups excluding carboxylic acids is 2. The normalized spacial score (nSPS) is 10.1. The van der Waals surface area contributed by atoms with Crippen LogP contribution >= 0.6 is 0 Å². The number of hydrogen-bond acceptors (Lipinski definition) is 3. The Bertz CT molecular complexity index is 660. The van der Waals surface area contributed by atoms with Gasteiger partial charge in [-0.05, 0) is 30.2 Å². The van der Waals surface area contributed by atoms with Crippen LogP contribution in [0.15, 0.2) is 42.5 Å². The molecular weight excluding hydrogens is 254 g/mol. The molecule has 0 radical (unpaired) electrons. The van der Waals surface area contributed by atoms with Gasteiger partial charge in [-0.2, -0.15) is 0 Å². The van der Waals surface area contributed by atoms with Gasteiger partial charge in [-0.1, -0.05) is 35.9 Å². The first kappa shape index (κ1) is 13.8. The van der Waals surface area contributed by atoms with E-state index < -0.39 is 11.9 Å². The van der Waals surface area contributed by atoms with Crippen molar-refractivity contribution in [3.8, 4) is 16.9 Å². The standard InChI is InChI=1S/C16H15NO3/c1-10-3-5-12(6-4-10)13-7-8-14(16(17)19)15(9-13)20-11(2)18/h3-9H,1-2H3,(H2,17,19). The van der Waals surface area contributed by atoms with Crippen molar-refractivity contribution in [3.63, 3.8) is 0 Å². The number of rotatable bonds is 3. The molecule has 0 saturated carbocycles. The molecule has 0 aliphatic carbocycles. The summed E-state index contributed by atoms with van der Waals surface area (Å²) in [6, 6.07) is 12.9. The highest BCUT2D eigenvalue weighted by Gasteiger charge is 2.12. The molecule has 4 heteroatoms. The van der Waals surface area contributed by atoms with Crippen molar-refractivity contribution in [1.82, 2.24) is 0 Å². The SMILES string of the molecule is CC(=O)Oc1cc(-c2ccc(C)cc2)ccc1C(N)=O. The van der Waals surface area contributed by atoms with Crippen molar-refractivity contribution in [2.45, 2.75) is 13.8 Å². The van der Waals surface area contributed by atoms with Crippen LogP contribution in [-0.2, 0) is 4.79 Å². The van der Waals surface area contributed by atoms with Gasteiger partial charge in [0.25, 0.3) is 5.91 Å². The molecule has 1 amide bonds. The van der Waals surface area contributed by atoms with E-state index in [4.69, 9.17) is 10.5 Å². The Labute approximate surface area is 117 Å². The maximum absolute atomic E-state index is 11.3. The summed E-state index contributed by atoms with van der Waals surface area (Å²) in [4.78, 5) is 22.4. The molecule has 2 aromatic rings. The topological polar surface area (TPSA) is 69.4 Å². The molecule has 0 bridgehead atoms. The van der Waals surface area contributed by atoms with Crippen LogP contribution in [0.1, 0.15) is 22.8 Å². The third-order valence-electron chi connectivity index (χ3n) is 2.89. The first-order chi connectivity index (χ1) is 9.47. The van der Waals surface area contributed by atoms with E-state index in [1.807, 2.05) is 31.2 Å². The lowest BCUT2D eigenvalue weighted by Gasteiger charge is -2.09. The van der Waals surface area contributed by atoms with Crippen molar-refractivity contribution >= 4 is 11.9 Å². The van der Waals surface area contributed by atoms with E-state index in [0.29, 0.717) is 0 Å². The maximum atomic E-state index is 11.3. The highest BCUT2D eigenvalue weighted by Crippen LogP contribution is 2.27. The Morgan fingerprint density at radius 1 is 1.00 bits per heavy atom. The van der Waals surface area contributed by atoms with Crippen molar-refractivity contribution in [3.05, 3.63) is 53.6 Å². The predicted molar refractivity (Wildman–Crippen MR) is 76.4 cm³/mol. The largest absolute Gasteiger partial charge is 0.426 e. The Kier molecular flexibility index (Phi) is 3.84. The Balaban J connectivity index is 2.48. The van der Waals surface area contributed by atoms with Crippen molar-refractivity contribution in [1.29, 1.82) is 0 Å². The summed E-state index contributed by atoms with van der Waals surface area (Å²) in [5.41, 5.74) is 8.44. The predicted octanol–water partition coefficient (Wildman–Crippen LogP) is 2.69. The van der Waals surface area contributed by atoms with Crippen LogP contribution in [0.3, 0.4) is 0 Å². The van der Waals surface area contributed by atoms with Gasteiger partial charge in [-0.15, -0.1) is 0 Å². The van der Waals surface area contributed by atoms with Crippen LogP contribution in [0.25, 0.3) is 11.1 Å². The summed E-state index contributed by atoms with van der Waals surface area (Å²) in [5.74, 6) is -0.937. The quantitative estimate of drug-likeness (QED) is 0.688. The molecule has 4 nitrogen and oxygen atoms in total. The second-order valence-electron chi connectivity index (χ2n) is 4.53. The number of benzene rings is 2. The van der Waals surface area contributed by atoms with Gasteiger partial charge in [0.15, 0.2) is 0 Å². The average Bonchev–Trinajstić information content (AvgIpc) is 2.38. The van der Waals surface area contributed by atoms with Gasteiger partial charge in [-0.3, -0.25) is 9.59 Å². The minimum absolute atomic E-state index is 0.183. The van der Waals surface area contributed by atoms with E-state index in [1.165, 1.54) is 6.92 Å². The van der Waals surface area contributed by atoms with E-state index in [2.05, 4.69) is 0 Å². The second kappa shape index (κ2) is 5.57. The van der Waals surface area contributed by atoms with Crippen LogP contribution < -0.4 is 10.5 Å². The van der Waals surface area contributed by atoms with Gasteiger partial charge in [0, 0.05) is 6.92 Å². The van der Waals surface area contributed by atoms with Crippen molar-refractivity contribution in [2.24, 2.45) is 5.73 Å². The molecule has 2 rings (SSSR count). The average molecular weight is 269 g/mol. The zero-order valence-corrected chi connectivity index (χ0v) is 11.3. The number of primary amides is 1. The summed E-state index contributed by atoms with van der Waals surface area (Å²) in [6.45, 7) is 3.29. The molecule has 102 valence electrons.